The van der Waals surface area contributed by atoms with E-state index in [1.807, 2.05) is 43.4 Å². The molecule has 0 amide bonds. The summed E-state index contributed by atoms with van der Waals surface area (Å²) < 4.78 is 23.2. The van der Waals surface area contributed by atoms with Gasteiger partial charge in [0.2, 0.25) is 0 Å². The van der Waals surface area contributed by atoms with Crippen molar-refractivity contribution in [1.29, 1.82) is 0 Å². The summed E-state index contributed by atoms with van der Waals surface area (Å²) in [6.07, 6.45) is 0.704. The van der Waals surface area contributed by atoms with Crippen LogP contribution in [0.2, 0.25) is 0 Å². The second-order valence-electron chi connectivity index (χ2n) is 5.24. The minimum absolute atomic E-state index is 0.0672. The Kier molecular flexibility index (Phi) is 4.13. The van der Waals surface area contributed by atoms with Crippen LogP contribution in [-0.4, -0.2) is 50.1 Å². The maximum atomic E-state index is 11.6. The fourth-order valence-electron chi connectivity index (χ4n) is 2.42. The first kappa shape index (κ1) is 14.3. The molecule has 1 saturated heterocycles. The van der Waals surface area contributed by atoms with Crippen molar-refractivity contribution in [3.05, 3.63) is 29.8 Å². The van der Waals surface area contributed by atoms with Gasteiger partial charge < -0.3 is 5.73 Å². The van der Waals surface area contributed by atoms with Crippen LogP contribution >= 0.6 is 0 Å². The van der Waals surface area contributed by atoms with Crippen LogP contribution in [0.3, 0.4) is 0 Å². The van der Waals surface area contributed by atoms with Crippen LogP contribution in [0.5, 0.6) is 0 Å². The molecule has 1 aliphatic rings. The molecule has 106 valence electrons. The lowest BCUT2D eigenvalue weighted by atomic mass is 10.1. The Morgan fingerprint density at radius 1 is 1.26 bits per heavy atom. The largest absolute Gasteiger partial charge is 0.399 e. The summed E-state index contributed by atoms with van der Waals surface area (Å²) in [6, 6.07) is 7.77. The molecule has 0 spiro atoms. The highest BCUT2D eigenvalue weighted by Gasteiger charge is 2.33. The Hall–Kier alpha value is -1.11. The van der Waals surface area contributed by atoms with Gasteiger partial charge in [0.25, 0.3) is 0 Å². The van der Waals surface area contributed by atoms with Gasteiger partial charge in [-0.2, -0.15) is 0 Å². The SMILES string of the molecule is CN(C)N(Cc1ccc(N)cc1)[C@H]1CCS(=O)(=O)C1. The van der Waals surface area contributed by atoms with Gasteiger partial charge in [-0.05, 0) is 24.1 Å². The van der Waals surface area contributed by atoms with E-state index in [0.717, 1.165) is 11.3 Å². The quantitative estimate of drug-likeness (QED) is 0.652. The molecule has 0 bridgehead atoms. The monoisotopic (exact) mass is 283 g/mol. The van der Waals surface area contributed by atoms with Crippen molar-refractivity contribution in [2.24, 2.45) is 0 Å². The fourth-order valence-corrected chi connectivity index (χ4v) is 4.14. The van der Waals surface area contributed by atoms with Crippen molar-refractivity contribution in [2.45, 2.75) is 19.0 Å². The van der Waals surface area contributed by atoms with Crippen molar-refractivity contribution >= 4 is 15.5 Å². The molecule has 0 saturated carbocycles. The molecule has 1 heterocycles. The third-order valence-electron chi connectivity index (χ3n) is 3.47. The second-order valence-corrected chi connectivity index (χ2v) is 7.47. The van der Waals surface area contributed by atoms with E-state index in [9.17, 15) is 8.42 Å². The van der Waals surface area contributed by atoms with Crippen molar-refractivity contribution in [1.82, 2.24) is 10.0 Å². The van der Waals surface area contributed by atoms with E-state index < -0.39 is 9.84 Å². The van der Waals surface area contributed by atoms with Gasteiger partial charge in [0.1, 0.15) is 0 Å². The lowest BCUT2D eigenvalue weighted by Crippen LogP contribution is -2.44. The molecule has 1 fully saturated rings. The highest BCUT2D eigenvalue weighted by atomic mass is 32.2. The Labute approximate surface area is 114 Å². The zero-order valence-corrected chi connectivity index (χ0v) is 12.2. The molecule has 6 heteroatoms. The predicted molar refractivity (Wildman–Crippen MR) is 77.1 cm³/mol. The lowest BCUT2D eigenvalue weighted by molar-refractivity contribution is -0.0181. The first-order chi connectivity index (χ1) is 8.87. The summed E-state index contributed by atoms with van der Waals surface area (Å²) >= 11 is 0. The number of anilines is 1. The number of benzene rings is 1. The number of rotatable bonds is 4. The highest BCUT2D eigenvalue weighted by Crippen LogP contribution is 2.21. The molecular formula is C13H21N3O2S. The van der Waals surface area contributed by atoms with Gasteiger partial charge in [-0.1, -0.05) is 12.1 Å². The molecule has 5 nitrogen and oxygen atoms in total. The molecule has 0 radical (unpaired) electrons. The molecule has 2 rings (SSSR count). The molecule has 0 unspecified atom stereocenters. The zero-order valence-electron chi connectivity index (χ0n) is 11.4. The normalized spacial score (nSPS) is 22.2. The number of nitrogens with two attached hydrogens (primary N) is 1. The minimum atomic E-state index is -2.86. The zero-order chi connectivity index (χ0) is 14.0. The van der Waals surface area contributed by atoms with Gasteiger partial charge >= 0.3 is 0 Å². The molecule has 0 aliphatic carbocycles. The standard InChI is InChI=1S/C13H21N3O2S/c1-15(2)16(13-7-8-19(17,18)10-13)9-11-3-5-12(14)6-4-11/h3-6,13H,7-10,14H2,1-2H3/t13-/m0/s1. The van der Waals surface area contributed by atoms with Crippen LogP contribution in [0.4, 0.5) is 5.69 Å². The smallest absolute Gasteiger partial charge is 0.151 e. The van der Waals surface area contributed by atoms with Gasteiger partial charge in [0.05, 0.1) is 11.5 Å². The second kappa shape index (κ2) is 5.48. The molecule has 1 aromatic carbocycles. The first-order valence-electron chi connectivity index (χ1n) is 6.36. The molecule has 1 atom stereocenters. The van der Waals surface area contributed by atoms with Crippen LogP contribution in [0.15, 0.2) is 24.3 Å². The van der Waals surface area contributed by atoms with E-state index in [4.69, 9.17) is 5.73 Å². The lowest BCUT2D eigenvalue weighted by Gasteiger charge is -2.33. The van der Waals surface area contributed by atoms with Gasteiger partial charge in [-0.15, -0.1) is 0 Å². The van der Waals surface area contributed by atoms with E-state index in [1.165, 1.54) is 0 Å². The molecule has 2 N–H and O–H groups in total. The molecule has 1 aliphatic heterocycles. The molecular weight excluding hydrogens is 262 g/mol. The number of hydrogen-bond acceptors (Lipinski definition) is 5. The van der Waals surface area contributed by atoms with Crippen LogP contribution in [-0.2, 0) is 16.4 Å². The van der Waals surface area contributed by atoms with Gasteiger partial charge in [0.15, 0.2) is 9.84 Å². The Morgan fingerprint density at radius 3 is 2.37 bits per heavy atom. The third kappa shape index (κ3) is 3.68. The van der Waals surface area contributed by atoms with Gasteiger partial charge in [-0.25, -0.2) is 18.4 Å². The maximum absolute atomic E-state index is 11.6. The maximum Gasteiger partial charge on any atom is 0.151 e. The summed E-state index contributed by atoms with van der Waals surface area (Å²) in [5, 5.41) is 4.08. The Morgan fingerprint density at radius 2 is 1.89 bits per heavy atom. The van der Waals surface area contributed by atoms with Crippen LogP contribution in [0.1, 0.15) is 12.0 Å². The number of hydrogen-bond donors (Lipinski definition) is 1. The van der Waals surface area contributed by atoms with Crippen molar-refractivity contribution < 1.29 is 8.42 Å². The van der Waals surface area contributed by atoms with Crippen molar-refractivity contribution in [3.63, 3.8) is 0 Å². The minimum Gasteiger partial charge on any atom is -0.399 e. The van der Waals surface area contributed by atoms with E-state index in [2.05, 4.69) is 5.01 Å². The first-order valence-corrected chi connectivity index (χ1v) is 8.18. The van der Waals surface area contributed by atoms with Gasteiger partial charge in [-0.3, -0.25) is 0 Å². The highest BCUT2D eigenvalue weighted by molar-refractivity contribution is 7.91. The summed E-state index contributed by atoms with van der Waals surface area (Å²) in [5.74, 6) is 0.546. The molecule has 0 aromatic heterocycles. The van der Waals surface area contributed by atoms with Crippen molar-refractivity contribution in [3.8, 4) is 0 Å². The van der Waals surface area contributed by atoms with Crippen molar-refractivity contribution in [2.75, 3.05) is 31.3 Å². The average molecular weight is 283 g/mol. The van der Waals surface area contributed by atoms with E-state index >= 15 is 0 Å². The Bertz CT molecular complexity index is 525. The van der Waals surface area contributed by atoms with Crippen LogP contribution in [0, 0.1) is 0 Å². The molecule has 1 aromatic rings. The van der Waals surface area contributed by atoms with E-state index in [-0.39, 0.29) is 11.8 Å². The Balaban J connectivity index is 2.11. The topological polar surface area (TPSA) is 66.6 Å². The van der Waals surface area contributed by atoms with Crippen LogP contribution in [0.25, 0.3) is 0 Å². The van der Waals surface area contributed by atoms with E-state index in [0.29, 0.717) is 18.7 Å². The summed E-state index contributed by atoms with van der Waals surface area (Å²) in [5.41, 5.74) is 7.54. The predicted octanol–water partition coefficient (Wildman–Crippen LogP) is 0.735. The van der Waals surface area contributed by atoms with Crippen LogP contribution < -0.4 is 5.73 Å². The van der Waals surface area contributed by atoms with E-state index in [1.54, 1.807) is 0 Å². The van der Waals surface area contributed by atoms with Gasteiger partial charge in [0, 0.05) is 32.4 Å². The number of nitrogens with zero attached hydrogens (tertiary/aromatic N) is 2. The number of nitrogen functional groups attached to an aromatic ring is 1. The fraction of sp³-hybridized carbons (Fsp3) is 0.538. The molecule has 19 heavy (non-hydrogen) atoms. The summed E-state index contributed by atoms with van der Waals surface area (Å²) in [6.45, 7) is 0.702. The summed E-state index contributed by atoms with van der Waals surface area (Å²) in [4.78, 5) is 0. The number of hydrazine groups is 1. The average Bonchev–Trinajstić information content (AvgIpc) is 2.68. The summed E-state index contributed by atoms with van der Waals surface area (Å²) in [7, 11) is 1.03. The number of sulfone groups is 1. The third-order valence-corrected chi connectivity index (χ3v) is 5.22.